The first-order chi connectivity index (χ1) is 7.26. The minimum Gasteiger partial charge on any atom is -0.373 e. The average molecular weight is 223 g/mol. The maximum Gasteiger partial charge on any atom is 0.0813 e. The first kappa shape index (κ1) is 12.3. The molecule has 0 radical (unpaired) electrons. The average Bonchev–Trinajstić information content (AvgIpc) is 2.71. The number of hydrogen-bond donors (Lipinski definition) is 1. The summed E-state index contributed by atoms with van der Waals surface area (Å²) in [7, 11) is 0. The van der Waals surface area contributed by atoms with Crippen LogP contribution in [0.3, 0.4) is 0 Å². The van der Waals surface area contributed by atoms with Crippen molar-refractivity contribution in [3.8, 4) is 11.8 Å². The van der Waals surface area contributed by atoms with Gasteiger partial charge in [0, 0.05) is 15.8 Å². The van der Waals surface area contributed by atoms with Gasteiger partial charge in [-0.05, 0) is 19.4 Å². The Hall–Kier alpha value is -0.820. The van der Waals surface area contributed by atoms with E-state index in [1.807, 2.05) is 5.38 Å². The minimum atomic E-state index is 0.325. The fourth-order valence-electron chi connectivity index (χ4n) is 1.02. The predicted molar refractivity (Wildman–Crippen MR) is 64.8 cm³/mol. The zero-order chi connectivity index (χ0) is 11.1. The number of thiophene rings is 1. The molecule has 0 fully saturated rings. The summed E-state index contributed by atoms with van der Waals surface area (Å²) in [5, 5.41) is 2.04. The van der Waals surface area contributed by atoms with Crippen LogP contribution in [0.1, 0.15) is 30.7 Å². The van der Waals surface area contributed by atoms with Crippen LogP contribution in [0.15, 0.2) is 11.4 Å². The molecular weight excluding hydrogens is 206 g/mol. The SMILES string of the molecule is CCC(C)OCc1cc(C#CCN)cs1. The summed E-state index contributed by atoms with van der Waals surface area (Å²) in [6, 6.07) is 2.07. The Morgan fingerprint density at radius 2 is 2.40 bits per heavy atom. The van der Waals surface area contributed by atoms with Gasteiger partial charge in [-0.1, -0.05) is 18.8 Å². The molecule has 2 nitrogen and oxygen atoms in total. The van der Waals surface area contributed by atoms with Crippen LogP contribution in [-0.4, -0.2) is 12.6 Å². The molecule has 2 N–H and O–H groups in total. The molecule has 0 saturated heterocycles. The van der Waals surface area contributed by atoms with Crippen molar-refractivity contribution >= 4 is 11.3 Å². The first-order valence-corrected chi connectivity index (χ1v) is 6.02. The van der Waals surface area contributed by atoms with Gasteiger partial charge in [0.15, 0.2) is 0 Å². The lowest BCUT2D eigenvalue weighted by Gasteiger charge is -2.08. The highest BCUT2D eigenvalue weighted by Gasteiger charge is 2.01. The molecule has 0 amide bonds. The largest absolute Gasteiger partial charge is 0.373 e. The van der Waals surface area contributed by atoms with Crippen molar-refractivity contribution in [1.82, 2.24) is 0 Å². The van der Waals surface area contributed by atoms with E-state index in [2.05, 4.69) is 31.8 Å². The van der Waals surface area contributed by atoms with Crippen molar-refractivity contribution < 1.29 is 4.74 Å². The predicted octanol–water partition coefficient (Wildman–Crippen LogP) is 2.37. The molecule has 0 aromatic carbocycles. The molecule has 1 aromatic rings. The third kappa shape index (κ3) is 4.48. The summed E-state index contributed by atoms with van der Waals surface area (Å²) in [4.78, 5) is 1.22. The van der Waals surface area contributed by atoms with E-state index in [0.29, 0.717) is 19.3 Å². The number of nitrogens with two attached hydrogens (primary N) is 1. The summed E-state index contributed by atoms with van der Waals surface area (Å²) in [6.07, 6.45) is 1.37. The molecule has 0 bridgehead atoms. The van der Waals surface area contributed by atoms with Crippen LogP contribution >= 0.6 is 11.3 Å². The summed E-state index contributed by atoms with van der Waals surface area (Å²) >= 11 is 1.68. The summed E-state index contributed by atoms with van der Waals surface area (Å²) in [6.45, 7) is 5.30. The molecule has 0 spiro atoms. The molecule has 1 heterocycles. The van der Waals surface area contributed by atoms with E-state index >= 15 is 0 Å². The third-order valence-corrected chi connectivity index (χ3v) is 2.98. The van der Waals surface area contributed by atoms with Gasteiger partial charge in [-0.2, -0.15) is 0 Å². The Kier molecular flexibility index (Phi) is 5.41. The van der Waals surface area contributed by atoms with E-state index in [1.165, 1.54) is 4.88 Å². The highest BCUT2D eigenvalue weighted by molar-refractivity contribution is 7.10. The third-order valence-electron chi connectivity index (χ3n) is 2.07. The molecule has 0 aliphatic rings. The van der Waals surface area contributed by atoms with Gasteiger partial charge in [-0.3, -0.25) is 0 Å². The fraction of sp³-hybridized carbons (Fsp3) is 0.500. The van der Waals surface area contributed by atoms with E-state index in [0.717, 1.165) is 12.0 Å². The number of rotatable bonds is 4. The molecule has 15 heavy (non-hydrogen) atoms. The molecule has 1 atom stereocenters. The molecule has 1 unspecified atom stereocenters. The second kappa shape index (κ2) is 6.62. The Balaban J connectivity index is 2.46. The van der Waals surface area contributed by atoms with Crippen molar-refractivity contribution in [2.24, 2.45) is 5.73 Å². The van der Waals surface area contributed by atoms with Gasteiger partial charge in [-0.25, -0.2) is 0 Å². The van der Waals surface area contributed by atoms with Gasteiger partial charge < -0.3 is 10.5 Å². The Labute approximate surface area is 95.4 Å². The minimum absolute atomic E-state index is 0.325. The maximum absolute atomic E-state index is 5.63. The Bertz CT molecular complexity index is 348. The van der Waals surface area contributed by atoms with Crippen LogP contribution in [0.2, 0.25) is 0 Å². The van der Waals surface area contributed by atoms with Gasteiger partial charge >= 0.3 is 0 Å². The molecule has 82 valence electrons. The molecular formula is C12H17NOS. The van der Waals surface area contributed by atoms with Crippen LogP contribution in [0, 0.1) is 11.8 Å². The smallest absolute Gasteiger partial charge is 0.0813 e. The monoisotopic (exact) mass is 223 g/mol. The molecule has 0 aliphatic carbocycles. The molecule has 1 aromatic heterocycles. The van der Waals surface area contributed by atoms with E-state index in [1.54, 1.807) is 11.3 Å². The number of hydrogen-bond acceptors (Lipinski definition) is 3. The maximum atomic E-state index is 5.63. The standard InChI is InChI=1S/C12H17NOS/c1-3-10(2)14-8-12-7-11(9-15-12)5-4-6-13/h7,9-10H,3,6,8,13H2,1-2H3. The van der Waals surface area contributed by atoms with Crippen LogP contribution in [-0.2, 0) is 11.3 Å². The van der Waals surface area contributed by atoms with Gasteiger partial charge in [-0.15, -0.1) is 11.3 Å². The van der Waals surface area contributed by atoms with Crippen molar-refractivity contribution in [2.45, 2.75) is 33.0 Å². The lowest BCUT2D eigenvalue weighted by atomic mass is 10.3. The van der Waals surface area contributed by atoms with Gasteiger partial charge in [0.2, 0.25) is 0 Å². The zero-order valence-corrected chi connectivity index (χ0v) is 10.1. The van der Waals surface area contributed by atoms with E-state index in [-0.39, 0.29) is 0 Å². The Morgan fingerprint density at radius 3 is 3.07 bits per heavy atom. The second-order valence-corrected chi connectivity index (χ2v) is 4.33. The highest BCUT2D eigenvalue weighted by Crippen LogP contribution is 2.15. The first-order valence-electron chi connectivity index (χ1n) is 5.14. The molecule has 0 aliphatic heterocycles. The van der Waals surface area contributed by atoms with Crippen LogP contribution in [0.25, 0.3) is 0 Å². The van der Waals surface area contributed by atoms with Crippen LogP contribution in [0.5, 0.6) is 0 Å². The van der Waals surface area contributed by atoms with E-state index in [9.17, 15) is 0 Å². The van der Waals surface area contributed by atoms with Crippen molar-refractivity contribution in [3.05, 3.63) is 21.9 Å². The molecule has 3 heteroatoms. The van der Waals surface area contributed by atoms with Crippen molar-refractivity contribution in [1.29, 1.82) is 0 Å². The second-order valence-electron chi connectivity index (χ2n) is 3.34. The molecule has 0 saturated carbocycles. The molecule has 1 rings (SSSR count). The van der Waals surface area contributed by atoms with Gasteiger partial charge in [0.05, 0.1) is 19.3 Å². The topological polar surface area (TPSA) is 35.2 Å². The van der Waals surface area contributed by atoms with Crippen molar-refractivity contribution in [3.63, 3.8) is 0 Å². The van der Waals surface area contributed by atoms with Gasteiger partial charge in [0.25, 0.3) is 0 Å². The van der Waals surface area contributed by atoms with Crippen LogP contribution < -0.4 is 5.73 Å². The van der Waals surface area contributed by atoms with E-state index < -0.39 is 0 Å². The fourth-order valence-corrected chi connectivity index (χ4v) is 1.75. The number of ether oxygens (including phenoxy) is 1. The lowest BCUT2D eigenvalue weighted by Crippen LogP contribution is -2.05. The lowest BCUT2D eigenvalue weighted by molar-refractivity contribution is 0.0525. The quantitative estimate of drug-likeness (QED) is 0.795. The van der Waals surface area contributed by atoms with Gasteiger partial charge in [0.1, 0.15) is 0 Å². The summed E-state index contributed by atoms with van der Waals surface area (Å²) in [5.41, 5.74) is 6.34. The van der Waals surface area contributed by atoms with Crippen molar-refractivity contribution in [2.75, 3.05) is 6.54 Å². The normalized spacial score (nSPS) is 11.9. The highest BCUT2D eigenvalue weighted by atomic mass is 32.1. The van der Waals surface area contributed by atoms with E-state index in [4.69, 9.17) is 10.5 Å². The zero-order valence-electron chi connectivity index (χ0n) is 9.25. The summed E-state index contributed by atoms with van der Waals surface area (Å²) < 4.78 is 5.63. The van der Waals surface area contributed by atoms with Crippen LogP contribution in [0.4, 0.5) is 0 Å². The summed E-state index contributed by atoms with van der Waals surface area (Å²) in [5.74, 6) is 5.84. The Morgan fingerprint density at radius 1 is 1.60 bits per heavy atom.